The lowest BCUT2D eigenvalue weighted by Gasteiger charge is -2.21. The van der Waals surface area contributed by atoms with Gasteiger partial charge in [-0.1, -0.05) is 44.2 Å². The first-order valence-electron chi connectivity index (χ1n) is 8.60. The Balaban J connectivity index is 2.00. The number of hydrogen-bond acceptors (Lipinski definition) is 1. The minimum atomic E-state index is 0.657. The Morgan fingerprint density at radius 1 is 0.739 bits per heavy atom. The predicted octanol–water partition coefficient (Wildman–Crippen LogP) is 5.68. The molecule has 1 heteroatoms. The maximum Gasteiger partial charge on any atom is 0.121 e. The molecule has 0 radical (unpaired) electrons. The topological polar surface area (TPSA) is 9.23 Å². The van der Waals surface area contributed by atoms with E-state index in [1.165, 1.54) is 27.8 Å². The van der Waals surface area contributed by atoms with E-state index in [2.05, 4.69) is 71.0 Å². The highest BCUT2D eigenvalue weighted by atomic mass is 16.5. The van der Waals surface area contributed by atoms with Crippen LogP contribution in [-0.2, 0) is 12.8 Å². The molecule has 2 atom stereocenters. The summed E-state index contributed by atoms with van der Waals surface area (Å²) in [6.07, 6.45) is 2.27. The summed E-state index contributed by atoms with van der Waals surface area (Å²) in [6, 6.07) is 13.4. The molecule has 0 spiro atoms. The Labute approximate surface area is 141 Å². The molecule has 23 heavy (non-hydrogen) atoms. The molecule has 0 aliphatic carbocycles. The molecule has 0 aliphatic rings. The minimum absolute atomic E-state index is 0.657. The maximum atomic E-state index is 5.35. The van der Waals surface area contributed by atoms with Crippen molar-refractivity contribution < 1.29 is 4.74 Å². The fourth-order valence-corrected chi connectivity index (χ4v) is 3.14. The molecule has 2 rings (SSSR count). The molecule has 2 aromatic rings. The minimum Gasteiger partial charge on any atom is -0.496 e. The van der Waals surface area contributed by atoms with Crippen LogP contribution in [0.3, 0.4) is 0 Å². The lowest BCUT2D eigenvalue weighted by molar-refractivity contribution is 0.382. The standard InChI is InChI=1S/C22H30O/c1-15-7-8-20(11-16(15)2)12-17(3)18(4)13-21-9-10-22(23-6)19(5)14-21/h7-11,14,17-18H,12-13H2,1-6H3/t17-,18+/m0/s1. The average molecular weight is 310 g/mol. The normalized spacial score (nSPS) is 13.7. The second kappa shape index (κ2) is 7.68. The van der Waals surface area contributed by atoms with Crippen molar-refractivity contribution in [3.05, 3.63) is 64.2 Å². The summed E-state index contributed by atoms with van der Waals surface area (Å²) < 4.78 is 5.35. The number of hydrogen-bond donors (Lipinski definition) is 0. The number of aryl methyl sites for hydroxylation is 3. The molecule has 0 saturated heterocycles. The first-order chi connectivity index (χ1) is 10.9. The fraction of sp³-hybridized carbons (Fsp3) is 0.455. The highest BCUT2D eigenvalue weighted by molar-refractivity contribution is 5.36. The molecule has 0 aromatic heterocycles. The van der Waals surface area contributed by atoms with E-state index in [9.17, 15) is 0 Å². The van der Waals surface area contributed by atoms with Crippen molar-refractivity contribution in [1.29, 1.82) is 0 Å². The van der Waals surface area contributed by atoms with Gasteiger partial charge in [0.15, 0.2) is 0 Å². The van der Waals surface area contributed by atoms with Gasteiger partial charge in [-0.05, 0) is 79.3 Å². The van der Waals surface area contributed by atoms with Crippen molar-refractivity contribution in [2.45, 2.75) is 47.5 Å². The molecule has 0 heterocycles. The molecule has 0 fully saturated rings. The van der Waals surface area contributed by atoms with E-state index in [0.717, 1.165) is 18.6 Å². The van der Waals surface area contributed by atoms with Crippen molar-refractivity contribution in [2.24, 2.45) is 11.8 Å². The fourth-order valence-electron chi connectivity index (χ4n) is 3.14. The summed E-state index contributed by atoms with van der Waals surface area (Å²) in [4.78, 5) is 0. The molecular weight excluding hydrogens is 280 g/mol. The van der Waals surface area contributed by atoms with E-state index in [-0.39, 0.29) is 0 Å². The quantitative estimate of drug-likeness (QED) is 0.667. The van der Waals surface area contributed by atoms with Crippen molar-refractivity contribution in [3.63, 3.8) is 0 Å². The molecule has 0 N–H and O–H groups in total. The van der Waals surface area contributed by atoms with Gasteiger partial charge < -0.3 is 4.74 Å². The Hall–Kier alpha value is -1.76. The number of benzene rings is 2. The molecule has 1 nitrogen and oxygen atoms in total. The van der Waals surface area contributed by atoms with Gasteiger partial charge in [-0.25, -0.2) is 0 Å². The lowest BCUT2D eigenvalue weighted by atomic mass is 9.85. The molecule has 2 aromatic carbocycles. The van der Waals surface area contributed by atoms with E-state index in [4.69, 9.17) is 4.74 Å². The summed E-state index contributed by atoms with van der Waals surface area (Å²) in [7, 11) is 1.73. The van der Waals surface area contributed by atoms with Crippen molar-refractivity contribution in [2.75, 3.05) is 7.11 Å². The smallest absolute Gasteiger partial charge is 0.121 e. The summed E-state index contributed by atoms with van der Waals surface area (Å²) in [5.74, 6) is 2.30. The second-order valence-corrected chi connectivity index (χ2v) is 7.09. The molecule has 124 valence electrons. The number of ether oxygens (including phenoxy) is 1. The highest BCUT2D eigenvalue weighted by Gasteiger charge is 2.14. The van der Waals surface area contributed by atoms with Gasteiger partial charge >= 0.3 is 0 Å². The Morgan fingerprint density at radius 3 is 1.74 bits per heavy atom. The number of methoxy groups -OCH3 is 1. The van der Waals surface area contributed by atoms with Crippen LogP contribution < -0.4 is 4.74 Å². The summed E-state index contributed by atoms with van der Waals surface area (Å²) in [6.45, 7) is 11.2. The third kappa shape index (κ3) is 4.60. The SMILES string of the molecule is COc1ccc(C[C@@H](C)[C@@H](C)Cc2ccc(C)c(C)c2)cc1C. The zero-order chi connectivity index (χ0) is 17.0. The van der Waals surface area contributed by atoms with Crippen LogP contribution in [0, 0.1) is 32.6 Å². The second-order valence-electron chi connectivity index (χ2n) is 7.09. The molecule has 0 saturated carbocycles. The van der Waals surface area contributed by atoms with Crippen LogP contribution in [-0.4, -0.2) is 7.11 Å². The van der Waals surface area contributed by atoms with E-state index in [0.29, 0.717) is 11.8 Å². The molecular formula is C22H30O. The van der Waals surface area contributed by atoms with Gasteiger partial charge in [0.2, 0.25) is 0 Å². The molecule has 0 unspecified atom stereocenters. The van der Waals surface area contributed by atoms with Crippen molar-refractivity contribution in [3.8, 4) is 5.75 Å². The van der Waals surface area contributed by atoms with Gasteiger partial charge in [0, 0.05) is 0 Å². The van der Waals surface area contributed by atoms with Gasteiger partial charge in [-0.15, -0.1) is 0 Å². The van der Waals surface area contributed by atoms with Crippen LogP contribution in [0.1, 0.15) is 41.7 Å². The average Bonchev–Trinajstić information content (AvgIpc) is 2.51. The third-order valence-corrected chi connectivity index (χ3v) is 5.12. The zero-order valence-electron chi connectivity index (χ0n) is 15.4. The van der Waals surface area contributed by atoms with Gasteiger partial charge in [0.25, 0.3) is 0 Å². The van der Waals surface area contributed by atoms with Crippen LogP contribution in [0.5, 0.6) is 5.75 Å². The Bertz CT molecular complexity index is 657. The van der Waals surface area contributed by atoms with Crippen LogP contribution in [0.2, 0.25) is 0 Å². The van der Waals surface area contributed by atoms with Gasteiger partial charge in [-0.2, -0.15) is 0 Å². The highest BCUT2D eigenvalue weighted by Crippen LogP contribution is 2.25. The predicted molar refractivity (Wildman–Crippen MR) is 99.4 cm³/mol. The summed E-state index contributed by atoms with van der Waals surface area (Å²) in [5, 5.41) is 0. The van der Waals surface area contributed by atoms with E-state index in [1.807, 2.05) is 0 Å². The third-order valence-electron chi connectivity index (χ3n) is 5.12. The van der Waals surface area contributed by atoms with Crippen LogP contribution in [0.4, 0.5) is 0 Å². The maximum absolute atomic E-state index is 5.35. The van der Waals surface area contributed by atoms with Crippen LogP contribution in [0.15, 0.2) is 36.4 Å². The Morgan fingerprint density at radius 2 is 1.26 bits per heavy atom. The number of rotatable bonds is 6. The summed E-state index contributed by atoms with van der Waals surface area (Å²) >= 11 is 0. The van der Waals surface area contributed by atoms with Crippen molar-refractivity contribution >= 4 is 0 Å². The molecule has 0 amide bonds. The molecule has 0 aliphatic heterocycles. The first-order valence-corrected chi connectivity index (χ1v) is 8.60. The zero-order valence-corrected chi connectivity index (χ0v) is 15.4. The van der Waals surface area contributed by atoms with Gasteiger partial charge in [-0.3, -0.25) is 0 Å². The van der Waals surface area contributed by atoms with Gasteiger partial charge in [0.05, 0.1) is 7.11 Å². The van der Waals surface area contributed by atoms with E-state index >= 15 is 0 Å². The van der Waals surface area contributed by atoms with Gasteiger partial charge in [0.1, 0.15) is 5.75 Å². The van der Waals surface area contributed by atoms with Crippen LogP contribution in [0.25, 0.3) is 0 Å². The largest absolute Gasteiger partial charge is 0.496 e. The lowest BCUT2D eigenvalue weighted by Crippen LogP contribution is -2.14. The monoisotopic (exact) mass is 310 g/mol. The van der Waals surface area contributed by atoms with E-state index < -0.39 is 0 Å². The van der Waals surface area contributed by atoms with E-state index in [1.54, 1.807) is 7.11 Å². The summed E-state index contributed by atoms with van der Waals surface area (Å²) in [5.41, 5.74) is 6.86. The molecule has 0 bridgehead atoms. The van der Waals surface area contributed by atoms with Crippen LogP contribution >= 0.6 is 0 Å². The first kappa shape index (κ1) is 17.6. The van der Waals surface area contributed by atoms with Crippen molar-refractivity contribution in [1.82, 2.24) is 0 Å². The Kier molecular flexibility index (Phi) is 5.87.